The lowest BCUT2D eigenvalue weighted by Crippen LogP contribution is -2.46. The van der Waals surface area contributed by atoms with E-state index in [1.54, 1.807) is 0 Å². The molecule has 0 aromatic carbocycles. The van der Waals surface area contributed by atoms with Gasteiger partial charge < -0.3 is 20.5 Å². The lowest BCUT2D eigenvalue weighted by molar-refractivity contribution is -0.142. The first-order valence-corrected chi connectivity index (χ1v) is 5.71. The molecule has 0 saturated heterocycles. The highest BCUT2D eigenvalue weighted by Crippen LogP contribution is 1.99. The third-order valence-corrected chi connectivity index (χ3v) is 2.35. The number of rotatable bonds is 7. The van der Waals surface area contributed by atoms with Crippen molar-refractivity contribution in [2.24, 2.45) is 0 Å². The highest BCUT2D eigenvalue weighted by molar-refractivity contribution is 5.83. The molecule has 1 rings (SSSR count). The Morgan fingerprint density at radius 3 is 2.80 bits per heavy atom. The van der Waals surface area contributed by atoms with Crippen molar-refractivity contribution in [3.63, 3.8) is 0 Å². The Morgan fingerprint density at radius 1 is 1.50 bits per heavy atom. The number of methoxy groups -OCH3 is 1. The fourth-order valence-corrected chi connectivity index (χ4v) is 1.31. The normalized spacial score (nSPS) is 11.4. The molecule has 10 nitrogen and oxygen atoms in total. The molecule has 0 bridgehead atoms. The van der Waals surface area contributed by atoms with Crippen LogP contribution in [0.5, 0.6) is 0 Å². The summed E-state index contributed by atoms with van der Waals surface area (Å²) in [6, 6.07) is -1.86. The van der Waals surface area contributed by atoms with Crippen LogP contribution in [0.1, 0.15) is 18.7 Å². The highest BCUT2D eigenvalue weighted by atomic mass is 16.5. The predicted molar refractivity (Wildman–Crippen MR) is 64.4 cm³/mol. The summed E-state index contributed by atoms with van der Waals surface area (Å²) in [4.78, 5) is 37.2. The van der Waals surface area contributed by atoms with E-state index in [2.05, 4.69) is 30.6 Å². The predicted octanol–water partition coefficient (Wildman–Crippen LogP) is -0.990. The van der Waals surface area contributed by atoms with Gasteiger partial charge in [-0.1, -0.05) is 0 Å². The van der Waals surface area contributed by atoms with Gasteiger partial charge in [0.2, 0.25) is 0 Å². The first kappa shape index (κ1) is 15.4. The van der Waals surface area contributed by atoms with Gasteiger partial charge in [-0.15, -0.1) is 0 Å². The lowest BCUT2D eigenvalue weighted by Gasteiger charge is -2.14. The number of ether oxygens (including phenoxy) is 1. The number of urea groups is 1. The summed E-state index contributed by atoms with van der Waals surface area (Å²) in [6.07, 6.45) is 1.12. The summed E-state index contributed by atoms with van der Waals surface area (Å²) >= 11 is 0. The van der Waals surface area contributed by atoms with E-state index in [4.69, 9.17) is 5.11 Å². The van der Waals surface area contributed by atoms with Crippen LogP contribution in [0.2, 0.25) is 0 Å². The average molecular weight is 285 g/mol. The number of hydrogen-bond donors (Lipinski definition) is 4. The summed E-state index contributed by atoms with van der Waals surface area (Å²) < 4.78 is 4.40. The van der Waals surface area contributed by atoms with Crippen molar-refractivity contribution in [3.8, 4) is 0 Å². The molecule has 10 heteroatoms. The van der Waals surface area contributed by atoms with Crippen molar-refractivity contribution in [2.45, 2.75) is 25.4 Å². The Balaban J connectivity index is 2.38. The summed E-state index contributed by atoms with van der Waals surface area (Å²) in [5, 5.41) is 19.7. The van der Waals surface area contributed by atoms with Crippen LogP contribution in [0.15, 0.2) is 6.33 Å². The van der Waals surface area contributed by atoms with E-state index in [0.29, 0.717) is 5.82 Å². The Hall–Kier alpha value is -2.65. The Morgan fingerprint density at radius 2 is 2.25 bits per heavy atom. The molecule has 0 spiro atoms. The minimum absolute atomic E-state index is 0.0578. The molecule has 2 amide bonds. The fraction of sp³-hybridized carbons (Fsp3) is 0.500. The van der Waals surface area contributed by atoms with Gasteiger partial charge >= 0.3 is 18.0 Å². The summed E-state index contributed by atoms with van der Waals surface area (Å²) in [7, 11) is 1.20. The Labute approximate surface area is 113 Å². The quantitative estimate of drug-likeness (QED) is 0.470. The molecule has 0 saturated carbocycles. The van der Waals surface area contributed by atoms with Crippen molar-refractivity contribution in [3.05, 3.63) is 12.2 Å². The zero-order valence-electron chi connectivity index (χ0n) is 10.8. The molecule has 4 N–H and O–H groups in total. The van der Waals surface area contributed by atoms with E-state index in [1.165, 1.54) is 13.4 Å². The molecule has 0 aliphatic rings. The molecule has 0 aliphatic heterocycles. The molecule has 110 valence electrons. The molecule has 0 aliphatic carbocycles. The van der Waals surface area contributed by atoms with Crippen molar-refractivity contribution in [1.82, 2.24) is 25.8 Å². The molecule has 20 heavy (non-hydrogen) atoms. The van der Waals surface area contributed by atoms with Gasteiger partial charge in [-0.2, -0.15) is 5.10 Å². The van der Waals surface area contributed by atoms with E-state index in [9.17, 15) is 14.4 Å². The maximum Gasteiger partial charge on any atom is 0.326 e. The van der Waals surface area contributed by atoms with Gasteiger partial charge in [-0.05, 0) is 6.42 Å². The maximum atomic E-state index is 11.5. The smallest absolute Gasteiger partial charge is 0.326 e. The van der Waals surface area contributed by atoms with Crippen LogP contribution in [-0.4, -0.2) is 51.4 Å². The second-order valence-corrected chi connectivity index (χ2v) is 3.76. The van der Waals surface area contributed by atoms with E-state index >= 15 is 0 Å². The Kier molecular flexibility index (Phi) is 5.94. The van der Waals surface area contributed by atoms with Crippen molar-refractivity contribution >= 4 is 18.0 Å². The van der Waals surface area contributed by atoms with Crippen LogP contribution >= 0.6 is 0 Å². The number of hydrogen-bond acceptors (Lipinski definition) is 6. The number of carbonyl (C=O) groups excluding carboxylic acids is 2. The van der Waals surface area contributed by atoms with Crippen LogP contribution in [0, 0.1) is 0 Å². The SMILES string of the molecule is COC(=O)CC[C@H](NC(=O)NCc1ncn[nH]1)C(=O)O. The molecule has 0 fully saturated rings. The largest absolute Gasteiger partial charge is 0.480 e. The number of esters is 1. The molecule has 1 heterocycles. The van der Waals surface area contributed by atoms with Crippen LogP contribution in [-0.2, 0) is 20.9 Å². The number of nitrogens with one attached hydrogen (secondary N) is 3. The number of aromatic nitrogens is 3. The summed E-state index contributed by atoms with van der Waals surface area (Å²) in [5.74, 6) is -1.34. The molecular formula is C10H15N5O5. The van der Waals surface area contributed by atoms with Crippen molar-refractivity contribution in [1.29, 1.82) is 0 Å². The molecule has 0 radical (unpaired) electrons. The lowest BCUT2D eigenvalue weighted by atomic mass is 10.1. The van der Waals surface area contributed by atoms with Gasteiger partial charge in [0, 0.05) is 6.42 Å². The third kappa shape index (κ3) is 5.33. The van der Waals surface area contributed by atoms with Crippen LogP contribution in [0.3, 0.4) is 0 Å². The minimum atomic E-state index is -1.23. The van der Waals surface area contributed by atoms with E-state index < -0.39 is 24.0 Å². The highest BCUT2D eigenvalue weighted by Gasteiger charge is 2.21. The van der Waals surface area contributed by atoms with Crippen LogP contribution in [0.25, 0.3) is 0 Å². The molecule has 1 aromatic heterocycles. The van der Waals surface area contributed by atoms with Gasteiger partial charge in [0.1, 0.15) is 18.2 Å². The third-order valence-electron chi connectivity index (χ3n) is 2.35. The monoisotopic (exact) mass is 285 g/mol. The molecule has 1 atom stereocenters. The second kappa shape index (κ2) is 7.71. The van der Waals surface area contributed by atoms with E-state index in [0.717, 1.165) is 0 Å². The van der Waals surface area contributed by atoms with Gasteiger partial charge in [-0.25, -0.2) is 14.6 Å². The van der Waals surface area contributed by atoms with Gasteiger partial charge in [0.05, 0.1) is 13.7 Å². The van der Waals surface area contributed by atoms with Crippen LogP contribution < -0.4 is 10.6 Å². The first-order chi connectivity index (χ1) is 9.52. The number of aromatic amines is 1. The number of aliphatic carboxylic acids is 1. The molecule has 0 unspecified atom stereocenters. The second-order valence-electron chi connectivity index (χ2n) is 3.76. The van der Waals surface area contributed by atoms with Gasteiger partial charge in [-0.3, -0.25) is 9.89 Å². The maximum absolute atomic E-state index is 11.5. The number of carbonyl (C=O) groups is 3. The van der Waals surface area contributed by atoms with Gasteiger partial charge in [0.15, 0.2) is 0 Å². The van der Waals surface area contributed by atoms with E-state index in [1.807, 2.05) is 0 Å². The number of carboxylic acid groups (broad SMARTS) is 1. The zero-order chi connectivity index (χ0) is 15.0. The number of H-pyrrole nitrogens is 1. The topological polar surface area (TPSA) is 146 Å². The van der Waals surface area contributed by atoms with E-state index in [-0.39, 0.29) is 19.4 Å². The zero-order valence-corrected chi connectivity index (χ0v) is 10.8. The minimum Gasteiger partial charge on any atom is -0.480 e. The number of carboxylic acids is 1. The first-order valence-electron chi connectivity index (χ1n) is 5.71. The van der Waals surface area contributed by atoms with Crippen LogP contribution in [0.4, 0.5) is 4.79 Å². The summed E-state index contributed by atoms with van der Waals surface area (Å²) in [6.45, 7) is 0.0785. The summed E-state index contributed by atoms with van der Waals surface area (Å²) in [5.41, 5.74) is 0. The van der Waals surface area contributed by atoms with Crippen molar-refractivity contribution in [2.75, 3.05) is 7.11 Å². The fourth-order valence-electron chi connectivity index (χ4n) is 1.31. The number of nitrogens with zero attached hydrogens (tertiary/aromatic N) is 2. The molecule has 1 aromatic rings. The average Bonchev–Trinajstić information content (AvgIpc) is 2.93. The standard InChI is InChI=1S/C10H15N5O5/c1-20-8(16)3-2-6(9(17)18)14-10(19)11-4-7-12-5-13-15-7/h5-6H,2-4H2,1H3,(H,17,18)(H2,11,14,19)(H,12,13,15)/t6-/m0/s1. The Bertz CT molecular complexity index is 461. The number of amides is 2. The van der Waals surface area contributed by atoms with Crippen molar-refractivity contribution < 1.29 is 24.2 Å². The molecular weight excluding hydrogens is 270 g/mol. The van der Waals surface area contributed by atoms with Gasteiger partial charge in [0.25, 0.3) is 0 Å².